The van der Waals surface area contributed by atoms with Crippen LogP contribution in [0.2, 0.25) is 0 Å². The first-order chi connectivity index (χ1) is 6.66. The van der Waals surface area contributed by atoms with Gasteiger partial charge in [-0.25, -0.2) is 5.01 Å². The molecule has 0 aromatic heterocycles. The van der Waals surface area contributed by atoms with Crippen LogP contribution in [0.1, 0.15) is 36.5 Å². The molecular formula is C12H18N2. The third-order valence-corrected chi connectivity index (χ3v) is 2.94. The summed E-state index contributed by atoms with van der Waals surface area (Å²) in [6, 6.07) is 6.79. The lowest BCUT2D eigenvalue weighted by atomic mass is 9.94. The van der Waals surface area contributed by atoms with Crippen molar-refractivity contribution in [3.8, 4) is 0 Å². The average molecular weight is 190 g/mol. The minimum absolute atomic E-state index is 0.621. The fourth-order valence-corrected chi connectivity index (χ4v) is 1.95. The molecular weight excluding hydrogens is 172 g/mol. The van der Waals surface area contributed by atoms with Crippen LogP contribution < -0.4 is 5.84 Å². The molecule has 2 N–H and O–H groups in total. The highest BCUT2D eigenvalue weighted by Gasteiger charge is 2.13. The van der Waals surface area contributed by atoms with Crippen LogP contribution in [0, 0.1) is 0 Å². The number of nitrogens with two attached hydrogens (primary N) is 1. The SMILES string of the molecule is CC(C)c1ccc2c(c1)CCN(N)C2. The Hall–Kier alpha value is -0.860. The molecule has 76 valence electrons. The Bertz CT molecular complexity index is 331. The Morgan fingerprint density at radius 3 is 2.79 bits per heavy atom. The molecule has 0 saturated heterocycles. The van der Waals surface area contributed by atoms with Gasteiger partial charge in [0.15, 0.2) is 0 Å². The first kappa shape index (κ1) is 9.69. The third kappa shape index (κ3) is 1.81. The Balaban J connectivity index is 2.31. The summed E-state index contributed by atoms with van der Waals surface area (Å²) in [6.45, 7) is 6.35. The lowest BCUT2D eigenvalue weighted by Gasteiger charge is -2.25. The van der Waals surface area contributed by atoms with Crippen LogP contribution in [0.15, 0.2) is 18.2 Å². The molecule has 0 aliphatic carbocycles. The van der Waals surface area contributed by atoms with Gasteiger partial charge in [-0.15, -0.1) is 0 Å². The second-order valence-corrected chi connectivity index (χ2v) is 4.40. The molecule has 1 aliphatic rings. The zero-order chi connectivity index (χ0) is 10.1. The summed E-state index contributed by atoms with van der Waals surface area (Å²) in [5, 5.41) is 1.89. The number of fused-ring (bicyclic) bond motifs is 1. The molecule has 2 heteroatoms. The molecule has 0 spiro atoms. The third-order valence-electron chi connectivity index (χ3n) is 2.94. The number of hydrogen-bond donors (Lipinski definition) is 1. The van der Waals surface area contributed by atoms with Crippen LogP contribution in [0.5, 0.6) is 0 Å². The van der Waals surface area contributed by atoms with Gasteiger partial charge in [-0.2, -0.15) is 0 Å². The Morgan fingerprint density at radius 2 is 2.07 bits per heavy atom. The van der Waals surface area contributed by atoms with Crippen LogP contribution >= 0.6 is 0 Å². The average Bonchev–Trinajstić information content (AvgIpc) is 2.16. The van der Waals surface area contributed by atoms with E-state index >= 15 is 0 Å². The second kappa shape index (κ2) is 3.71. The number of hydrogen-bond acceptors (Lipinski definition) is 2. The predicted molar refractivity (Wildman–Crippen MR) is 58.8 cm³/mol. The first-order valence-electron chi connectivity index (χ1n) is 5.28. The molecule has 2 nitrogen and oxygen atoms in total. The normalized spacial score (nSPS) is 17.1. The number of benzene rings is 1. The number of hydrazine groups is 1. The Morgan fingerprint density at radius 1 is 1.29 bits per heavy atom. The van der Waals surface area contributed by atoms with Crippen molar-refractivity contribution in [2.24, 2.45) is 5.84 Å². The Labute approximate surface area is 85.7 Å². The van der Waals surface area contributed by atoms with Crippen molar-refractivity contribution >= 4 is 0 Å². The topological polar surface area (TPSA) is 29.3 Å². The Kier molecular flexibility index (Phi) is 2.57. The van der Waals surface area contributed by atoms with E-state index in [0.717, 1.165) is 19.5 Å². The summed E-state index contributed by atoms with van der Waals surface area (Å²) in [5.74, 6) is 6.40. The van der Waals surface area contributed by atoms with Crippen molar-refractivity contribution in [3.63, 3.8) is 0 Å². The second-order valence-electron chi connectivity index (χ2n) is 4.40. The smallest absolute Gasteiger partial charge is 0.0382 e. The fourth-order valence-electron chi connectivity index (χ4n) is 1.95. The molecule has 0 fully saturated rings. The monoisotopic (exact) mass is 190 g/mol. The van der Waals surface area contributed by atoms with Gasteiger partial charge in [-0.3, -0.25) is 5.84 Å². The van der Waals surface area contributed by atoms with Crippen LogP contribution in [-0.4, -0.2) is 11.6 Å². The minimum Gasteiger partial charge on any atom is -0.268 e. The first-order valence-corrected chi connectivity index (χ1v) is 5.28. The summed E-state index contributed by atoms with van der Waals surface area (Å²) in [7, 11) is 0. The van der Waals surface area contributed by atoms with Gasteiger partial charge < -0.3 is 0 Å². The van der Waals surface area contributed by atoms with Crippen molar-refractivity contribution < 1.29 is 0 Å². The van der Waals surface area contributed by atoms with E-state index in [2.05, 4.69) is 32.0 Å². The standard InChI is InChI=1S/C12H18N2/c1-9(2)10-3-4-12-8-14(13)6-5-11(12)7-10/h3-4,7,9H,5-6,8,13H2,1-2H3. The summed E-state index contributed by atoms with van der Waals surface area (Å²) in [5.41, 5.74) is 4.32. The lowest BCUT2D eigenvalue weighted by Crippen LogP contribution is -2.36. The maximum atomic E-state index is 5.78. The number of rotatable bonds is 1. The van der Waals surface area contributed by atoms with Crippen molar-refractivity contribution in [3.05, 3.63) is 34.9 Å². The van der Waals surface area contributed by atoms with Crippen molar-refractivity contribution in [2.45, 2.75) is 32.7 Å². The van der Waals surface area contributed by atoms with Gasteiger partial charge in [0.05, 0.1) is 0 Å². The predicted octanol–water partition coefficient (Wildman–Crippen LogP) is 2.04. The zero-order valence-corrected chi connectivity index (χ0v) is 8.96. The van der Waals surface area contributed by atoms with Gasteiger partial charge in [-0.05, 0) is 29.0 Å². The van der Waals surface area contributed by atoms with Gasteiger partial charge in [0.25, 0.3) is 0 Å². The zero-order valence-electron chi connectivity index (χ0n) is 8.96. The molecule has 0 amide bonds. The quantitative estimate of drug-likeness (QED) is 0.687. The number of nitrogens with zero attached hydrogens (tertiary/aromatic N) is 1. The van der Waals surface area contributed by atoms with Gasteiger partial charge >= 0.3 is 0 Å². The maximum absolute atomic E-state index is 5.78. The van der Waals surface area contributed by atoms with E-state index < -0.39 is 0 Å². The summed E-state index contributed by atoms with van der Waals surface area (Å²) in [4.78, 5) is 0. The van der Waals surface area contributed by atoms with Crippen molar-refractivity contribution in [2.75, 3.05) is 6.54 Å². The molecule has 0 unspecified atom stereocenters. The molecule has 1 aromatic rings. The van der Waals surface area contributed by atoms with E-state index in [1.165, 1.54) is 16.7 Å². The van der Waals surface area contributed by atoms with E-state index in [4.69, 9.17) is 5.84 Å². The summed E-state index contributed by atoms with van der Waals surface area (Å²) < 4.78 is 0. The largest absolute Gasteiger partial charge is 0.268 e. The molecule has 1 aliphatic heterocycles. The maximum Gasteiger partial charge on any atom is 0.0382 e. The highest BCUT2D eigenvalue weighted by atomic mass is 15.4. The van der Waals surface area contributed by atoms with E-state index in [9.17, 15) is 0 Å². The molecule has 14 heavy (non-hydrogen) atoms. The van der Waals surface area contributed by atoms with Gasteiger partial charge in [0.2, 0.25) is 0 Å². The van der Waals surface area contributed by atoms with E-state index in [-0.39, 0.29) is 0 Å². The molecule has 0 saturated carbocycles. The van der Waals surface area contributed by atoms with Crippen LogP contribution in [0.3, 0.4) is 0 Å². The van der Waals surface area contributed by atoms with Crippen molar-refractivity contribution in [1.29, 1.82) is 0 Å². The lowest BCUT2D eigenvalue weighted by molar-refractivity contribution is 0.262. The summed E-state index contributed by atoms with van der Waals surface area (Å²) in [6.07, 6.45) is 1.09. The van der Waals surface area contributed by atoms with Gasteiger partial charge in [0.1, 0.15) is 0 Å². The van der Waals surface area contributed by atoms with Crippen molar-refractivity contribution in [1.82, 2.24) is 5.01 Å². The van der Waals surface area contributed by atoms with Gasteiger partial charge in [0, 0.05) is 13.1 Å². The van der Waals surface area contributed by atoms with E-state index in [1.807, 2.05) is 5.01 Å². The fraction of sp³-hybridized carbons (Fsp3) is 0.500. The van der Waals surface area contributed by atoms with E-state index in [1.54, 1.807) is 0 Å². The molecule has 0 atom stereocenters. The molecule has 0 bridgehead atoms. The van der Waals surface area contributed by atoms with Crippen LogP contribution in [-0.2, 0) is 13.0 Å². The molecule has 2 rings (SSSR count). The van der Waals surface area contributed by atoms with Crippen LogP contribution in [0.4, 0.5) is 0 Å². The van der Waals surface area contributed by atoms with Crippen LogP contribution in [0.25, 0.3) is 0 Å². The van der Waals surface area contributed by atoms with E-state index in [0.29, 0.717) is 5.92 Å². The highest BCUT2D eigenvalue weighted by Crippen LogP contribution is 2.22. The summed E-state index contributed by atoms with van der Waals surface area (Å²) >= 11 is 0. The molecule has 0 radical (unpaired) electrons. The highest BCUT2D eigenvalue weighted by molar-refractivity contribution is 5.34. The van der Waals surface area contributed by atoms with Gasteiger partial charge in [-0.1, -0.05) is 32.0 Å². The minimum atomic E-state index is 0.621. The molecule has 1 aromatic carbocycles. The molecule has 1 heterocycles.